The molecule has 23 heavy (non-hydrogen) atoms. The van der Waals surface area contributed by atoms with E-state index in [1.807, 2.05) is 24.3 Å². The largest absolute Gasteiger partial charge is 0.436 e. The lowest BCUT2D eigenvalue weighted by Crippen LogP contribution is -2.20. The highest BCUT2D eigenvalue weighted by Gasteiger charge is 2.16. The second-order valence-electron chi connectivity index (χ2n) is 4.72. The SMILES string of the molecule is N=N/N=C\Nc1ccc(Oc2nsnc2C2=CCNCC2)cc1. The molecule has 118 valence electrons. The Bertz CT molecular complexity index is 723. The third-order valence-corrected chi connectivity index (χ3v) is 3.75. The van der Waals surface area contributed by atoms with Crippen molar-refractivity contribution in [3.05, 3.63) is 36.0 Å². The van der Waals surface area contributed by atoms with Crippen LogP contribution in [0.4, 0.5) is 5.69 Å². The van der Waals surface area contributed by atoms with E-state index in [0.717, 1.165) is 42.6 Å². The monoisotopic (exact) mass is 329 g/mol. The molecule has 0 fully saturated rings. The molecule has 0 saturated heterocycles. The Morgan fingerprint density at radius 3 is 2.91 bits per heavy atom. The molecule has 0 radical (unpaired) electrons. The molecule has 1 aromatic heterocycles. The molecular weight excluding hydrogens is 314 g/mol. The van der Waals surface area contributed by atoms with Crippen LogP contribution in [0, 0.1) is 5.53 Å². The maximum atomic E-state index is 6.56. The lowest BCUT2D eigenvalue weighted by molar-refractivity contribution is 0.465. The van der Waals surface area contributed by atoms with Crippen LogP contribution in [-0.2, 0) is 0 Å². The molecule has 0 spiro atoms. The molecule has 2 aromatic rings. The van der Waals surface area contributed by atoms with E-state index in [9.17, 15) is 0 Å². The number of hydrogen-bond donors (Lipinski definition) is 3. The minimum absolute atomic E-state index is 0.540. The van der Waals surface area contributed by atoms with Crippen molar-refractivity contribution in [1.29, 1.82) is 5.53 Å². The van der Waals surface area contributed by atoms with E-state index in [-0.39, 0.29) is 0 Å². The van der Waals surface area contributed by atoms with Crippen LogP contribution in [0.25, 0.3) is 5.57 Å². The third-order valence-electron chi connectivity index (χ3n) is 3.24. The molecule has 3 N–H and O–H groups in total. The van der Waals surface area contributed by atoms with Crippen LogP contribution in [0.3, 0.4) is 0 Å². The number of aromatic nitrogens is 2. The van der Waals surface area contributed by atoms with Crippen LogP contribution < -0.4 is 15.4 Å². The lowest BCUT2D eigenvalue weighted by Gasteiger charge is -2.13. The summed E-state index contributed by atoms with van der Waals surface area (Å²) < 4.78 is 14.5. The van der Waals surface area contributed by atoms with Gasteiger partial charge in [0.05, 0.1) is 11.7 Å². The predicted octanol–water partition coefficient (Wildman–Crippen LogP) is 3.09. The first-order chi connectivity index (χ1) is 11.4. The minimum Gasteiger partial charge on any atom is -0.436 e. The Labute approximate surface area is 137 Å². The van der Waals surface area contributed by atoms with E-state index in [2.05, 4.69) is 35.8 Å². The fraction of sp³-hybridized carbons (Fsp3) is 0.214. The van der Waals surface area contributed by atoms with Crippen LogP contribution in [0.2, 0.25) is 0 Å². The van der Waals surface area contributed by atoms with Gasteiger partial charge in [0, 0.05) is 12.2 Å². The van der Waals surface area contributed by atoms with E-state index in [4.69, 9.17) is 10.3 Å². The van der Waals surface area contributed by atoms with E-state index in [1.165, 1.54) is 11.9 Å². The second kappa shape index (κ2) is 7.56. The Balaban J connectivity index is 1.70. The minimum atomic E-state index is 0.540. The van der Waals surface area contributed by atoms with E-state index in [1.54, 1.807) is 0 Å². The summed E-state index contributed by atoms with van der Waals surface area (Å²) in [6, 6.07) is 7.34. The van der Waals surface area contributed by atoms with Gasteiger partial charge in [0.1, 0.15) is 17.8 Å². The summed E-state index contributed by atoms with van der Waals surface area (Å²) in [5.41, 5.74) is 9.38. The molecule has 2 heterocycles. The predicted molar refractivity (Wildman–Crippen MR) is 89.2 cm³/mol. The van der Waals surface area contributed by atoms with Crippen LogP contribution >= 0.6 is 11.7 Å². The molecule has 8 nitrogen and oxygen atoms in total. The molecular formula is C14H15N7OS. The average Bonchev–Trinajstić information content (AvgIpc) is 3.06. The van der Waals surface area contributed by atoms with Gasteiger partial charge in [-0.3, -0.25) is 0 Å². The smallest absolute Gasteiger partial charge is 0.259 e. The Morgan fingerprint density at radius 2 is 2.17 bits per heavy atom. The van der Waals surface area contributed by atoms with Gasteiger partial charge in [-0.15, -0.1) is 9.47 Å². The fourth-order valence-electron chi connectivity index (χ4n) is 2.14. The van der Waals surface area contributed by atoms with Gasteiger partial charge >= 0.3 is 0 Å². The van der Waals surface area contributed by atoms with Gasteiger partial charge in [-0.2, -0.15) is 9.90 Å². The van der Waals surface area contributed by atoms with Crippen molar-refractivity contribution < 1.29 is 4.74 Å². The van der Waals surface area contributed by atoms with Gasteiger partial charge in [0.15, 0.2) is 0 Å². The Kier molecular flexibility index (Phi) is 5.02. The molecule has 0 unspecified atom stereocenters. The molecule has 1 aliphatic heterocycles. The number of rotatable bonds is 6. The summed E-state index contributed by atoms with van der Waals surface area (Å²) in [4.78, 5) is 0. The van der Waals surface area contributed by atoms with Crippen molar-refractivity contribution in [2.45, 2.75) is 6.42 Å². The number of nitrogens with one attached hydrogen (secondary N) is 3. The van der Waals surface area contributed by atoms with Gasteiger partial charge in [-0.1, -0.05) is 11.3 Å². The van der Waals surface area contributed by atoms with Gasteiger partial charge in [-0.05, 0) is 42.8 Å². The zero-order chi connectivity index (χ0) is 15.9. The standard InChI is InChI=1S/C14H15N7OS/c15-21-18-9-17-11-1-3-12(4-2-11)22-14-13(19-23-20-14)10-5-7-16-8-6-10/h1-5,9,16H,6-8H2,(H2,15,17,18). The number of anilines is 1. The molecule has 0 bridgehead atoms. The van der Waals surface area contributed by atoms with Crippen LogP contribution in [0.5, 0.6) is 11.6 Å². The number of nitrogens with zero attached hydrogens (tertiary/aromatic N) is 4. The topological polar surface area (TPSA) is 108 Å². The Hall–Kier alpha value is -2.65. The molecule has 0 aliphatic carbocycles. The summed E-state index contributed by atoms with van der Waals surface area (Å²) >= 11 is 1.15. The normalized spacial score (nSPS) is 14.5. The third kappa shape index (κ3) is 3.96. The van der Waals surface area contributed by atoms with E-state index in [0.29, 0.717) is 11.6 Å². The highest BCUT2D eigenvalue weighted by molar-refractivity contribution is 6.99. The van der Waals surface area contributed by atoms with Crippen LogP contribution in [0.15, 0.2) is 40.7 Å². The van der Waals surface area contributed by atoms with Crippen LogP contribution in [0.1, 0.15) is 12.1 Å². The van der Waals surface area contributed by atoms with Crippen molar-refractivity contribution in [1.82, 2.24) is 14.1 Å². The highest BCUT2D eigenvalue weighted by atomic mass is 32.1. The van der Waals surface area contributed by atoms with Gasteiger partial charge in [-0.25, -0.2) is 0 Å². The first-order valence-electron chi connectivity index (χ1n) is 7.02. The van der Waals surface area contributed by atoms with Crippen LogP contribution in [-0.4, -0.2) is 28.2 Å². The molecule has 1 aromatic carbocycles. The quantitative estimate of drug-likeness (QED) is 0.327. The van der Waals surface area contributed by atoms with Crippen molar-refractivity contribution in [3.8, 4) is 11.6 Å². The number of ether oxygens (including phenoxy) is 1. The zero-order valence-corrected chi connectivity index (χ0v) is 13.0. The maximum absolute atomic E-state index is 6.56. The first-order valence-corrected chi connectivity index (χ1v) is 7.75. The highest BCUT2D eigenvalue weighted by Crippen LogP contribution is 2.31. The summed E-state index contributed by atoms with van der Waals surface area (Å²) in [6.45, 7) is 1.79. The molecule has 0 amide bonds. The summed E-state index contributed by atoms with van der Waals surface area (Å²) in [5, 5.41) is 12.5. The van der Waals surface area contributed by atoms with Gasteiger partial charge in [0.2, 0.25) is 0 Å². The summed E-state index contributed by atoms with van der Waals surface area (Å²) in [7, 11) is 0. The number of benzene rings is 1. The van der Waals surface area contributed by atoms with Gasteiger partial charge < -0.3 is 15.4 Å². The van der Waals surface area contributed by atoms with Gasteiger partial charge in [0.25, 0.3) is 5.88 Å². The summed E-state index contributed by atoms with van der Waals surface area (Å²) in [5.74, 6) is 1.22. The fourth-order valence-corrected chi connectivity index (χ4v) is 2.66. The maximum Gasteiger partial charge on any atom is 0.259 e. The average molecular weight is 329 g/mol. The molecule has 3 rings (SSSR count). The van der Waals surface area contributed by atoms with Crippen molar-refractivity contribution in [3.63, 3.8) is 0 Å². The van der Waals surface area contributed by atoms with Crippen molar-refractivity contribution >= 4 is 29.3 Å². The number of hydrogen-bond acceptors (Lipinski definition) is 7. The first kappa shape index (κ1) is 15.3. The second-order valence-corrected chi connectivity index (χ2v) is 5.25. The zero-order valence-electron chi connectivity index (χ0n) is 12.2. The summed E-state index contributed by atoms with van der Waals surface area (Å²) in [6.07, 6.45) is 4.39. The lowest BCUT2D eigenvalue weighted by atomic mass is 10.1. The molecule has 1 aliphatic rings. The van der Waals surface area contributed by atoms with E-state index >= 15 is 0 Å². The van der Waals surface area contributed by atoms with E-state index < -0.39 is 0 Å². The van der Waals surface area contributed by atoms with Crippen molar-refractivity contribution in [2.24, 2.45) is 10.3 Å². The Morgan fingerprint density at radius 1 is 1.30 bits per heavy atom. The molecule has 0 atom stereocenters. The molecule has 9 heteroatoms. The molecule has 0 saturated carbocycles. The van der Waals surface area contributed by atoms with Crippen molar-refractivity contribution in [2.75, 3.05) is 18.4 Å².